The fourth-order valence-corrected chi connectivity index (χ4v) is 4.62. The summed E-state index contributed by atoms with van der Waals surface area (Å²) < 4.78 is 2.07. The number of nitrogens with zero attached hydrogens (tertiary/aromatic N) is 4. The molecule has 152 valence electrons. The van der Waals surface area contributed by atoms with Gasteiger partial charge in [-0.15, -0.1) is 0 Å². The Morgan fingerprint density at radius 1 is 1.04 bits per heavy atom. The summed E-state index contributed by atoms with van der Waals surface area (Å²) in [5, 5.41) is 11.0. The van der Waals surface area contributed by atoms with E-state index < -0.39 is 5.60 Å². The summed E-state index contributed by atoms with van der Waals surface area (Å²) in [5.41, 5.74) is 3.56. The van der Waals surface area contributed by atoms with Gasteiger partial charge in [0.1, 0.15) is 5.82 Å². The van der Waals surface area contributed by atoms with Crippen LogP contribution < -0.4 is 4.90 Å². The second-order valence-electron chi connectivity index (χ2n) is 8.76. The van der Waals surface area contributed by atoms with E-state index in [-0.39, 0.29) is 0 Å². The summed E-state index contributed by atoms with van der Waals surface area (Å²) in [6.07, 6.45) is 9.41. The van der Waals surface area contributed by atoms with Gasteiger partial charge in [-0.3, -0.25) is 4.90 Å². The molecule has 2 aliphatic rings. The first-order chi connectivity index (χ1) is 13.5. The lowest BCUT2D eigenvalue weighted by atomic mass is 9.90. The van der Waals surface area contributed by atoms with Crippen molar-refractivity contribution in [1.82, 2.24) is 14.5 Å². The van der Waals surface area contributed by atoms with E-state index in [9.17, 15) is 5.11 Å². The van der Waals surface area contributed by atoms with Gasteiger partial charge in [-0.25, -0.2) is 4.98 Å². The Balaban J connectivity index is 1.33. The van der Waals surface area contributed by atoms with Gasteiger partial charge in [0, 0.05) is 50.8 Å². The zero-order valence-corrected chi connectivity index (χ0v) is 17.4. The lowest BCUT2D eigenvalue weighted by Gasteiger charge is -2.38. The van der Waals surface area contributed by atoms with Crippen molar-refractivity contribution in [2.75, 3.05) is 31.1 Å². The first-order valence-electron chi connectivity index (χ1n) is 10.8. The van der Waals surface area contributed by atoms with Gasteiger partial charge >= 0.3 is 0 Å². The Morgan fingerprint density at radius 3 is 2.43 bits per heavy atom. The molecule has 4 rings (SSSR count). The van der Waals surface area contributed by atoms with Gasteiger partial charge in [-0.1, -0.05) is 6.07 Å². The molecule has 2 saturated heterocycles. The third-order valence-corrected chi connectivity index (χ3v) is 6.62. The maximum absolute atomic E-state index is 11.0. The van der Waals surface area contributed by atoms with Crippen LogP contribution in [0.25, 0.3) is 0 Å². The van der Waals surface area contributed by atoms with E-state index in [2.05, 4.69) is 44.5 Å². The second kappa shape index (κ2) is 8.26. The van der Waals surface area contributed by atoms with E-state index in [1.54, 1.807) is 0 Å². The van der Waals surface area contributed by atoms with Crippen molar-refractivity contribution >= 4 is 5.69 Å². The summed E-state index contributed by atoms with van der Waals surface area (Å²) in [5.74, 6) is 0.972. The van der Waals surface area contributed by atoms with Crippen molar-refractivity contribution in [2.24, 2.45) is 0 Å². The van der Waals surface area contributed by atoms with E-state index in [1.165, 1.54) is 49.2 Å². The molecule has 5 nitrogen and oxygen atoms in total. The predicted molar refractivity (Wildman–Crippen MR) is 114 cm³/mol. The highest BCUT2D eigenvalue weighted by atomic mass is 16.3. The van der Waals surface area contributed by atoms with Crippen LogP contribution in [0.4, 0.5) is 5.69 Å². The molecule has 5 heteroatoms. The molecule has 1 aromatic heterocycles. The number of anilines is 1. The maximum Gasteiger partial charge on any atom is 0.105 e. The number of imidazole rings is 1. The Labute approximate surface area is 169 Å². The summed E-state index contributed by atoms with van der Waals surface area (Å²) in [6.45, 7) is 10.1. The zero-order valence-electron chi connectivity index (χ0n) is 17.4. The van der Waals surface area contributed by atoms with Crippen LogP contribution in [0.1, 0.15) is 49.1 Å². The largest absolute Gasteiger partial charge is 0.388 e. The fourth-order valence-electron chi connectivity index (χ4n) is 4.62. The molecule has 0 amide bonds. The molecule has 28 heavy (non-hydrogen) atoms. The number of hydrogen-bond acceptors (Lipinski definition) is 4. The van der Waals surface area contributed by atoms with Crippen molar-refractivity contribution in [2.45, 2.75) is 64.6 Å². The third kappa shape index (κ3) is 4.41. The van der Waals surface area contributed by atoms with Crippen molar-refractivity contribution in [3.63, 3.8) is 0 Å². The lowest BCUT2D eigenvalue weighted by Crippen LogP contribution is -2.46. The normalized spacial score (nSPS) is 20.5. The summed E-state index contributed by atoms with van der Waals surface area (Å²) in [7, 11) is 0. The molecule has 3 heterocycles. The molecule has 1 N–H and O–H groups in total. The van der Waals surface area contributed by atoms with E-state index >= 15 is 0 Å². The fraction of sp³-hybridized carbons (Fsp3) is 0.609. The number of piperidine rings is 2. The quantitative estimate of drug-likeness (QED) is 0.859. The molecule has 2 aliphatic heterocycles. The Hall–Kier alpha value is -1.85. The minimum Gasteiger partial charge on any atom is -0.388 e. The van der Waals surface area contributed by atoms with Crippen molar-refractivity contribution in [1.29, 1.82) is 0 Å². The van der Waals surface area contributed by atoms with E-state index in [0.717, 1.165) is 38.3 Å². The minimum atomic E-state index is -0.616. The summed E-state index contributed by atoms with van der Waals surface area (Å²) >= 11 is 0. The smallest absolute Gasteiger partial charge is 0.105 e. The van der Waals surface area contributed by atoms with E-state index in [0.29, 0.717) is 6.54 Å². The van der Waals surface area contributed by atoms with Gasteiger partial charge < -0.3 is 14.6 Å². The van der Waals surface area contributed by atoms with Crippen molar-refractivity contribution in [3.8, 4) is 0 Å². The van der Waals surface area contributed by atoms with Crippen LogP contribution in [-0.2, 0) is 13.1 Å². The molecule has 0 radical (unpaired) electrons. The molecular weight excluding hydrogens is 348 g/mol. The number of aromatic nitrogens is 2. The van der Waals surface area contributed by atoms with Gasteiger partial charge in [0.15, 0.2) is 0 Å². The highest BCUT2D eigenvalue weighted by Gasteiger charge is 2.33. The molecule has 2 aromatic rings. The van der Waals surface area contributed by atoms with Gasteiger partial charge in [-0.2, -0.15) is 0 Å². The number of likely N-dealkylation sites (tertiary alicyclic amines) is 1. The average molecular weight is 383 g/mol. The van der Waals surface area contributed by atoms with Crippen LogP contribution in [0.2, 0.25) is 0 Å². The first-order valence-corrected chi connectivity index (χ1v) is 10.8. The van der Waals surface area contributed by atoms with E-state index in [4.69, 9.17) is 0 Å². The van der Waals surface area contributed by atoms with Gasteiger partial charge in [-0.05, 0) is 69.2 Å². The SMILES string of the molecule is Cc1cc(N2CCCCC2)ccc1CN1CCC(O)(Cn2ccnc2C)CC1. The molecule has 0 atom stereocenters. The lowest BCUT2D eigenvalue weighted by molar-refractivity contribution is -0.0361. The molecule has 0 spiro atoms. The van der Waals surface area contributed by atoms with Crippen LogP contribution >= 0.6 is 0 Å². The predicted octanol–water partition coefficient (Wildman–Crippen LogP) is 3.52. The molecule has 0 saturated carbocycles. The van der Waals surface area contributed by atoms with Crippen LogP contribution in [-0.4, -0.2) is 51.3 Å². The van der Waals surface area contributed by atoms with Crippen LogP contribution in [0, 0.1) is 13.8 Å². The minimum absolute atomic E-state index is 0.616. The topological polar surface area (TPSA) is 44.5 Å². The Kier molecular flexibility index (Phi) is 5.74. The van der Waals surface area contributed by atoms with Crippen LogP contribution in [0.3, 0.4) is 0 Å². The third-order valence-electron chi connectivity index (χ3n) is 6.62. The average Bonchev–Trinajstić information content (AvgIpc) is 3.10. The number of benzene rings is 1. The monoisotopic (exact) mass is 382 g/mol. The van der Waals surface area contributed by atoms with Crippen LogP contribution in [0.15, 0.2) is 30.6 Å². The number of aliphatic hydroxyl groups is 1. The van der Waals surface area contributed by atoms with Crippen molar-refractivity contribution in [3.05, 3.63) is 47.5 Å². The van der Waals surface area contributed by atoms with Crippen molar-refractivity contribution < 1.29 is 5.11 Å². The maximum atomic E-state index is 11.0. The highest BCUT2D eigenvalue weighted by Crippen LogP contribution is 2.28. The molecule has 0 aliphatic carbocycles. The van der Waals surface area contributed by atoms with E-state index in [1.807, 2.05) is 19.3 Å². The highest BCUT2D eigenvalue weighted by molar-refractivity contribution is 5.51. The Morgan fingerprint density at radius 2 is 1.79 bits per heavy atom. The van der Waals surface area contributed by atoms with Crippen LogP contribution in [0.5, 0.6) is 0 Å². The molecule has 2 fully saturated rings. The molecule has 1 aromatic carbocycles. The zero-order chi connectivity index (χ0) is 19.6. The molecule has 0 unspecified atom stereocenters. The Bertz CT molecular complexity index is 786. The van der Waals surface area contributed by atoms with Gasteiger partial charge in [0.2, 0.25) is 0 Å². The first kappa shape index (κ1) is 19.5. The number of rotatable bonds is 5. The second-order valence-corrected chi connectivity index (χ2v) is 8.76. The number of aryl methyl sites for hydroxylation is 2. The number of hydrogen-bond donors (Lipinski definition) is 1. The standard InChI is InChI=1S/C23H34N4O/c1-19-16-22(26-11-4-3-5-12-26)7-6-21(19)17-25-13-8-23(28,9-14-25)18-27-15-10-24-20(27)2/h6-7,10,15-16,28H,3-5,8-9,11-14,17-18H2,1-2H3. The summed E-state index contributed by atoms with van der Waals surface area (Å²) in [4.78, 5) is 9.28. The summed E-state index contributed by atoms with van der Waals surface area (Å²) in [6, 6.07) is 6.98. The molecule has 0 bridgehead atoms. The molecular formula is C23H34N4O. The van der Waals surface area contributed by atoms with Gasteiger partial charge in [0.05, 0.1) is 12.1 Å². The van der Waals surface area contributed by atoms with Gasteiger partial charge in [0.25, 0.3) is 0 Å².